The van der Waals surface area contributed by atoms with Gasteiger partial charge >= 0.3 is 5.97 Å². The quantitative estimate of drug-likeness (QED) is 0.829. The SMILES string of the molecule is COC(=O)c1c(N)nsc1NCc1cccc(C)n1. The Morgan fingerprint density at radius 1 is 1.53 bits per heavy atom. The van der Waals surface area contributed by atoms with Crippen molar-refractivity contribution < 1.29 is 9.53 Å². The van der Waals surface area contributed by atoms with Crippen molar-refractivity contribution in [3.8, 4) is 0 Å². The highest BCUT2D eigenvalue weighted by molar-refractivity contribution is 7.11. The summed E-state index contributed by atoms with van der Waals surface area (Å²) in [6.45, 7) is 2.42. The Morgan fingerprint density at radius 3 is 3.00 bits per heavy atom. The number of esters is 1. The van der Waals surface area contributed by atoms with Gasteiger partial charge in [0.15, 0.2) is 5.82 Å². The molecule has 2 heterocycles. The Kier molecular flexibility index (Phi) is 3.96. The molecule has 0 atom stereocenters. The summed E-state index contributed by atoms with van der Waals surface area (Å²) in [5.74, 6) is -0.317. The maximum Gasteiger partial charge on any atom is 0.344 e. The average Bonchev–Trinajstić information content (AvgIpc) is 2.77. The highest BCUT2D eigenvalue weighted by Gasteiger charge is 2.19. The highest BCUT2D eigenvalue weighted by Crippen LogP contribution is 2.27. The van der Waals surface area contributed by atoms with Gasteiger partial charge in [-0.3, -0.25) is 4.98 Å². The number of aryl methyl sites for hydroxylation is 1. The van der Waals surface area contributed by atoms with Crippen LogP contribution >= 0.6 is 11.5 Å². The van der Waals surface area contributed by atoms with Gasteiger partial charge in [0.2, 0.25) is 0 Å². The lowest BCUT2D eigenvalue weighted by molar-refractivity contribution is 0.0603. The van der Waals surface area contributed by atoms with Crippen molar-refractivity contribution in [2.24, 2.45) is 0 Å². The molecule has 6 nitrogen and oxygen atoms in total. The number of pyridine rings is 1. The Morgan fingerprint density at radius 2 is 2.32 bits per heavy atom. The molecule has 100 valence electrons. The summed E-state index contributed by atoms with van der Waals surface area (Å²) in [7, 11) is 1.31. The summed E-state index contributed by atoms with van der Waals surface area (Å²) in [4.78, 5) is 16.0. The number of carbonyl (C=O) groups is 1. The molecule has 0 saturated heterocycles. The predicted molar refractivity (Wildman–Crippen MR) is 74.2 cm³/mol. The average molecular weight is 278 g/mol. The van der Waals surface area contributed by atoms with E-state index in [0.717, 1.165) is 22.9 Å². The number of nitrogens with zero attached hydrogens (tertiary/aromatic N) is 2. The van der Waals surface area contributed by atoms with Crippen LogP contribution in [-0.2, 0) is 11.3 Å². The third-order valence-corrected chi connectivity index (χ3v) is 3.30. The van der Waals surface area contributed by atoms with Gasteiger partial charge in [-0.25, -0.2) is 4.79 Å². The highest BCUT2D eigenvalue weighted by atomic mass is 32.1. The summed E-state index contributed by atoms with van der Waals surface area (Å²) in [6.07, 6.45) is 0. The zero-order valence-corrected chi connectivity index (χ0v) is 11.5. The zero-order valence-electron chi connectivity index (χ0n) is 10.6. The smallest absolute Gasteiger partial charge is 0.344 e. The molecule has 19 heavy (non-hydrogen) atoms. The fourth-order valence-electron chi connectivity index (χ4n) is 1.59. The molecule has 2 rings (SSSR count). The Bertz CT molecular complexity index is 597. The molecule has 0 fully saturated rings. The van der Waals surface area contributed by atoms with Gasteiger partial charge in [0.25, 0.3) is 0 Å². The van der Waals surface area contributed by atoms with Crippen molar-refractivity contribution in [3.05, 3.63) is 35.2 Å². The number of nitrogen functional groups attached to an aromatic ring is 1. The van der Waals surface area contributed by atoms with Gasteiger partial charge in [0.05, 0.1) is 19.3 Å². The van der Waals surface area contributed by atoms with E-state index in [4.69, 9.17) is 5.73 Å². The summed E-state index contributed by atoms with van der Waals surface area (Å²) < 4.78 is 8.63. The Labute approximate surface area is 114 Å². The van der Waals surface area contributed by atoms with Crippen LogP contribution in [0.1, 0.15) is 21.7 Å². The summed E-state index contributed by atoms with van der Waals surface area (Å²) in [6, 6.07) is 5.76. The van der Waals surface area contributed by atoms with Crippen molar-refractivity contribution in [1.82, 2.24) is 9.36 Å². The molecule has 3 N–H and O–H groups in total. The van der Waals surface area contributed by atoms with E-state index in [1.54, 1.807) is 0 Å². The molecule has 0 unspecified atom stereocenters. The van der Waals surface area contributed by atoms with Crippen LogP contribution < -0.4 is 11.1 Å². The molecule has 0 aliphatic carbocycles. The van der Waals surface area contributed by atoms with Gasteiger partial charge in [-0.2, -0.15) is 4.37 Å². The van der Waals surface area contributed by atoms with Gasteiger partial charge in [0, 0.05) is 5.69 Å². The second kappa shape index (κ2) is 5.66. The maximum absolute atomic E-state index is 11.6. The number of nitrogens with one attached hydrogen (secondary N) is 1. The molecule has 0 spiro atoms. The molecular weight excluding hydrogens is 264 g/mol. The van der Waals surface area contributed by atoms with Crippen LogP contribution in [0.15, 0.2) is 18.2 Å². The first-order chi connectivity index (χ1) is 9.11. The number of nitrogens with two attached hydrogens (primary N) is 1. The largest absolute Gasteiger partial charge is 0.465 e. The molecule has 0 aliphatic rings. The molecule has 0 saturated carbocycles. The minimum atomic E-state index is -0.494. The first kappa shape index (κ1) is 13.3. The minimum Gasteiger partial charge on any atom is -0.465 e. The monoisotopic (exact) mass is 278 g/mol. The molecule has 0 radical (unpaired) electrons. The number of carbonyl (C=O) groups excluding carboxylic acids is 1. The van der Waals surface area contributed by atoms with Crippen LogP contribution in [0.5, 0.6) is 0 Å². The second-order valence-electron chi connectivity index (χ2n) is 3.89. The van der Waals surface area contributed by atoms with E-state index in [0.29, 0.717) is 11.5 Å². The molecule has 7 heteroatoms. The molecule has 0 aromatic carbocycles. The van der Waals surface area contributed by atoms with Crippen molar-refractivity contribution in [2.45, 2.75) is 13.5 Å². The molecule has 0 bridgehead atoms. The topological polar surface area (TPSA) is 90.1 Å². The standard InChI is InChI=1S/C12H14N4O2S/c1-7-4-3-5-8(15-7)6-14-11-9(12(17)18-2)10(13)16-19-11/h3-5,14H,6H2,1-2H3,(H2,13,16). The molecule has 2 aromatic rings. The molecule has 0 amide bonds. The predicted octanol–water partition coefficient (Wildman–Crippen LogP) is 1.83. The fraction of sp³-hybridized carbons (Fsp3) is 0.250. The number of rotatable bonds is 4. The third-order valence-electron chi connectivity index (χ3n) is 2.48. The number of aromatic nitrogens is 2. The first-order valence-electron chi connectivity index (χ1n) is 5.61. The second-order valence-corrected chi connectivity index (χ2v) is 4.66. The minimum absolute atomic E-state index is 0.177. The number of ether oxygens (including phenoxy) is 1. The Hall–Kier alpha value is -2.15. The normalized spacial score (nSPS) is 10.2. The number of methoxy groups -OCH3 is 1. The molecule has 2 aromatic heterocycles. The van der Waals surface area contributed by atoms with Crippen molar-refractivity contribution >= 4 is 28.3 Å². The van der Waals surface area contributed by atoms with Crippen LogP contribution in [-0.4, -0.2) is 22.4 Å². The van der Waals surface area contributed by atoms with Crippen molar-refractivity contribution in [2.75, 3.05) is 18.2 Å². The first-order valence-corrected chi connectivity index (χ1v) is 6.39. The lowest BCUT2D eigenvalue weighted by Gasteiger charge is -2.06. The van der Waals surface area contributed by atoms with Crippen LogP contribution in [0.2, 0.25) is 0 Å². The van der Waals surface area contributed by atoms with Crippen LogP contribution in [0.4, 0.5) is 10.8 Å². The van der Waals surface area contributed by atoms with Crippen LogP contribution in [0, 0.1) is 6.92 Å². The van der Waals surface area contributed by atoms with E-state index >= 15 is 0 Å². The van der Waals surface area contributed by atoms with Crippen molar-refractivity contribution in [3.63, 3.8) is 0 Å². The number of anilines is 2. The van der Waals surface area contributed by atoms with Gasteiger partial charge in [-0.1, -0.05) is 6.07 Å². The lowest BCUT2D eigenvalue weighted by Crippen LogP contribution is -2.08. The van der Waals surface area contributed by atoms with Crippen molar-refractivity contribution in [1.29, 1.82) is 0 Å². The lowest BCUT2D eigenvalue weighted by atomic mass is 10.3. The number of hydrogen-bond acceptors (Lipinski definition) is 7. The summed E-state index contributed by atoms with van der Waals surface area (Å²) in [5, 5.41) is 3.70. The van der Waals surface area contributed by atoms with E-state index in [1.807, 2.05) is 25.1 Å². The maximum atomic E-state index is 11.6. The van der Waals surface area contributed by atoms with Crippen LogP contribution in [0.3, 0.4) is 0 Å². The summed E-state index contributed by atoms with van der Waals surface area (Å²) in [5.41, 5.74) is 7.75. The van der Waals surface area contributed by atoms with Gasteiger partial charge in [-0.15, -0.1) is 0 Å². The molecule has 0 aliphatic heterocycles. The van der Waals surface area contributed by atoms with E-state index in [-0.39, 0.29) is 11.4 Å². The van der Waals surface area contributed by atoms with E-state index < -0.39 is 5.97 Å². The van der Waals surface area contributed by atoms with Crippen LogP contribution in [0.25, 0.3) is 0 Å². The van der Waals surface area contributed by atoms with E-state index in [1.165, 1.54) is 7.11 Å². The molecular formula is C12H14N4O2S. The van der Waals surface area contributed by atoms with Gasteiger partial charge < -0.3 is 15.8 Å². The zero-order chi connectivity index (χ0) is 13.8. The fourth-order valence-corrected chi connectivity index (χ4v) is 2.29. The van der Waals surface area contributed by atoms with E-state index in [9.17, 15) is 4.79 Å². The third kappa shape index (κ3) is 3.00. The van der Waals surface area contributed by atoms with Gasteiger partial charge in [0.1, 0.15) is 10.6 Å². The summed E-state index contributed by atoms with van der Waals surface area (Å²) >= 11 is 1.13. The van der Waals surface area contributed by atoms with E-state index in [2.05, 4.69) is 19.4 Å². The number of hydrogen-bond donors (Lipinski definition) is 2. The Balaban J connectivity index is 2.14. The van der Waals surface area contributed by atoms with Gasteiger partial charge in [-0.05, 0) is 30.6 Å².